The number of hydrogen-bond donors (Lipinski definition) is 1. The van der Waals surface area contributed by atoms with E-state index >= 15 is 0 Å². The Morgan fingerprint density at radius 2 is 2.13 bits per heavy atom. The summed E-state index contributed by atoms with van der Waals surface area (Å²) in [5.41, 5.74) is 0.0883. The minimum atomic E-state index is -1.34. The van der Waals surface area contributed by atoms with E-state index in [0.29, 0.717) is 19.1 Å². The number of carboxylic acids is 1. The highest BCUT2D eigenvalue weighted by molar-refractivity contribution is 5.98. The fourth-order valence-electron chi connectivity index (χ4n) is 4.24. The highest BCUT2D eigenvalue weighted by atomic mass is 16.5. The summed E-state index contributed by atoms with van der Waals surface area (Å²) < 4.78 is 13.1. The summed E-state index contributed by atoms with van der Waals surface area (Å²) in [4.78, 5) is 40.1. The highest BCUT2D eigenvalue weighted by Gasteiger charge is 2.41. The van der Waals surface area contributed by atoms with Crippen molar-refractivity contribution in [3.63, 3.8) is 0 Å². The van der Waals surface area contributed by atoms with Crippen molar-refractivity contribution in [3.05, 3.63) is 51.0 Å². The average Bonchev–Trinajstić information content (AvgIpc) is 2.70. The van der Waals surface area contributed by atoms with E-state index in [0.717, 1.165) is 12.0 Å². The molecule has 4 rings (SSSR count). The van der Waals surface area contributed by atoms with E-state index in [2.05, 4.69) is 13.0 Å². The molecule has 1 aromatic heterocycles. The first-order valence-electron chi connectivity index (χ1n) is 10.2. The summed E-state index contributed by atoms with van der Waals surface area (Å²) in [6.45, 7) is 6.71. The van der Waals surface area contributed by atoms with Gasteiger partial charge in [-0.3, -0.25) is 9.59 Å². The largest absolute Gasteiger partial charge is 0.483 e. The molecule has 0 saturated carbocycles. The van der Waals surface area contributed by atoms with Gasteiger partial charge in [-0.25, -0.2) is 4.79 Å². The summed E-state index contributed by atoms with van der Waals surface area (Å²) in [6, 6.07) is -0.344. The second-order valence-electron chi connectivity index (χ2n) is 8.36. The van der Waals surface area contributed by atoms with Crippen LogP contribution >= 0.6 is 0 Å². The molecule has 1 aromatic rings. The molecule has 1 amide bonds. The topological polar surface area (TPSA) is 98.1 Å². The standard InChI is InChI=1S/C22H26N2O6/c1-12(2)23-8-15-10-29-11-16-17(22(27)28)19(25)20(18(21(23)26)24(15)16)30-9-14-6-4-13(3)5-7-14/h4,6-7,12-13,15H,5,8-11H2,1-3H3,(H,27,28)/t13?,15-/m1/s1. The lowest BCUT2D eigenvalue weighted by atomic mass is 9.99. The van der Waals surface area contributed by atoms with Gasteiger partial charge in [-0.15, -0.1) is 0 Å². The molecule has 0 aromatic carbocycles. The van der Waals surface area contributed by atoms with Gasteiger partial charge in [0.2, 0.25) is 5.43 Å². The van der Waals surface area contributed by atoms with Gasteiger partial charge in [-0.05, 0) is 31.8 Å². The molecule has 0 spiro atoms. The zero-order chi connectivity index (χ0) is 21.6. The molecule has 0 fully saturated rings. The van der Waals surface area contributed by atoms with Gasteiger partial charge >= 0.3 is 5.97 Å². The first kappa shape index (κ1) is 20.4. The maximum absolute atomic E-state index is 13.3. The lowest BCUT2D eigenvalue weighted by Gasteiger charge is -2.42. The Morgan fingerprint density at radius 1 is 1.37 bits per heavy atom. The van der Waals surface area contributed by atoms with Crippen LogP contribution in [0.15, 0.2) is 28.6 Å². The van der Waals surface area contributed by atoms with Crippen LogP contribution in [0.1, 0.15) is 59.8 Å². The zero-order valence-corrected chi connectivity index (χ0v) is 17.4. The van der Waals surface area contributed by atoms with E-state index in [4.69, 9.17) is 9.47 Å². The molecule has 0 saturated heterocycles. The molecule has 1 unspecified atom stereocenters. The van der Waals surface area contributed by atoms with Crippen molar-refractivity contribution >= 4 is 11.9 Å². The van der Waals surface area contributed by atoms with Crippen LogP contribution in [0.3, 0.4) is 0 Å². The number of rotatable bonds is 5. The monoisotopic (exact) mass is 414 g/mol. The molecular weight excluding hydrogens is 388 g/mol. The van der Waals surface area contributed by atoms with E-state index in [1.165, 1.54) is 0 Å². The quantitative estimate of drug-likeness (QED) is 0.794. The number of aromatic nitrogens is 1. The van der Waals surface area contributed by atoms with Gasteiger partial charge in [-0.1, -0.05) is 25.2 Å². The molecule has 30 heavy (non-hydrogen) atoms. The molecule has 3 heterocycles. The maximum atomic E-state index is 13.3. The first-order valence-corrected chi connectivity index (χ1v) is 10.2. The number of nitrogens with zero attached hydrogens (tertiary/aromatic N) is 2. The van der Waals surface area contributed by atoms with Gasteiger partial charge in [0.1, 0.15) is 12.2 Å². The minimum absolute atomic E-state index is 0.0264. The van der Waals surface area contributed by atoms with Crippen molar-refractivity contribution < 1.29 is 24.2 Å². The smallest absolute Gasteiger partial charge is 0.341 e. The minimum Gasteiger partial charge on any atom is -0.483 e. The van der Waals surface area contributed by atoms with Crippen LogP contribution in [0, 0.1) is 5.92 Å². The van der Waals surface area contributed by atoms with Crippen molar-refractivity contribution in [1.29, 1.82) is 0 Å². The molecule has 0 bridgehead atoms. The number of carboxylic acid groups (broad SMARTS) is 1. The third-order valence-electron chi connectivity index (χ3n) is 5.86. The number of carbonyl (C=O) groups is 2. The van der Waals surface area contributed by atoms with Gasteiger partial charge < -0.3 is 24.0 Å². The van der Waals surface area contributed by atoms with Crippen LogP contribution < -0.4 is 10.2 Å². The first-order chi connectivity index (χ1) is 14.3. The van der Waals surface area contributed by atoms with Crippen molar-refractivity contribution in [2.24, 2.45) is 5.92 Å². The molecule has 1 aliphatic carbocycles. The number of carbonyl (C=O) groups excluding carboxylic acids is 1. The Bertz CT molecular complexity index is 1020. The van der Waals surface area contributed by atoms with Gasteiger partial charge in [-0.2, -0.15) is 0 Å². The predicted octanol–water partition coefficient (Wildman–Crippen LogP) is 2.38. The van der Waals surface area contributed by atoms with Gasteiger partial charge in [0.25, 0.3) is 5.91 Å². The summed E-state index contributed by atoms with van der Waals surface area (Å²) in [5, 5.41) is 9.72. The van der Waals surface area contributed by atoms with E-state index in [-0.39, 0.29) is 53.9 Å². The third-order valence-corrected chi connectivity index (χ3v) is 5.86. The Balaban J connectivity index is 1.85. The van der Waals surface area contributed by atoms with Crippen LogP contribution in [0.4, 0.5) is 0 Å². The third kappa shape index (κ3) is 3.35. The van der Waals surface area contributed by atoms with Gasteiger partial charge in [0.05, 0.1) is 24.9 Å². The summed E-state index contributed by atoms with van der Waals surface area (Å²) in [5.74, 6) is -1.42. The number of allylic oxidation sites excluding steroid dienone is 2. The molecule has 8 nitrogen and oxygen atoms in total. The molecule has 1 N–H and O–H groups in total. The van der Waals surface area contributed by atoms with E-state index < -0.39 is 11.4 Å². The number of pyridine rings is 1. The molecule has 0 radical (unpaired) electrons. The summed E-state index contributed by atoms with van der Waals surface area (Å²) in [7, 11) is 0. The molecule has 160 valence electrons. The lowest BCUT2D eigenvalue weighted by molar-refractivity contribution is 0.0184. The zero-order valence-electron chi connectivity index (χ0n) is 17.4. The van der Waals surface area contributed by atoms with E-state index in [9.17, 15) is 19.5 Å². The van der Waals surface area contributed by atoms with Crippen LogP contribution in [-0.4, -0.2) is 52.3 Å². The normalized spacial score (nSPS) is 22.7. The Labute approximate surface area is 174 Å². The fraction of sp³-hybridized carbons (Fsp3) is 0.500. The van der Waals surface area contributed by atoms with Gasteiger partial charge in [0, 0.05) is 12.6 Å². The second kappa shape index (κ2) is 7.75. The van der Waals surface area contributed by atoms with Crippen LogP contribution in [0.25, 0.3) is 0 Å². The van der Waals surface area contributed by atoms with Crippen molar-refractivity contribution in [1.82, 2.24) is 9.47 Å². The van der Waals surface area contributed by atoms with Crippen LogP contribution in [-0.2, 0) is 11.3 Å². The lowest BCUT2D eigenvalue weighted by Crippen LogP contribution is -2.51. The molecular formula is C22H26N2O6. The van der Waals surface area contributed by atoms with Crippen molar-refractivity contribution in [3.8, 4) is 5.75 Å². The Kier molecular flexibility index (Phi) is 5.27. The number of amides is 1. The molecule has 8 heteroatoms. The van der Waals surface area contributed by atoms with E-state index in [1.54, 1.807) is 9.47 Å². The van der Waals surface area contributed by atoms with Crippen molar-refractivity contribution in [2.75, 3.05) is 19.8 Å². The number of ether oxygens (including phenoxy) is 2. The number of hydrogen-bond acceptors (Lipinski definition) is 5. The van der Waals surface area contributed by atoms with Gasteiger partial charge in [0.15, 0.2) is 11.4 Å². The average molecular weight is 414 g/mol. The number of aromatic carboxylic acids is 1. The highest BCUT2D eigenvalue weighted by Crippen LogP contribution is 2.34. The van der Waals surface area contributed by atoms with Crippen molar-refractivity contribution in [2.45, 2.75) is 45.9 Å². The Morgan fingerprint density at radius 3 is 2.77 bits per heavy atom. The maximum Gasteiger partial charge on any atom is 0.341 e. The second-order valence-corrected chi connectivity index (χ2v) is 8.36. The summed E-state index contributed by atoms with van der Waals surface area (Å²) in [6.07, 6.45) is 6.89. The molecule has 3 aliphatic rings. The molecule has 2 atom stereocenters. The predicted molar refractivity (Wildman–Crippen MR) is 109 cm³/mol. The summed E-state index contributed by atoms with van der Waals surface area (Å²) >= 11 is 0. The fourth-order valence-corrected chi connectivity index (χ4v) is 4.24. The SMILES string of the molecule is CC1C=CC(COc2c3n4c(c(C(=O)O)c2=O)COC[C@H]4CN(C(C)C)C3=O)=CC1. The van der Waals surface area contributed by atoms with E-state index in [1.807, 2.05) is 26.0 Å². The Hall–Kier alpha value is -2.87. The molecule has 2 aliphatic heterocycles. The van der Waals surface area contributed by atoms with Crippen LogP contribution in [0.2, 0.25) is 0 Å². The van der Waals surface area contributed by atoms with Crippen LogP contribution in [0.5, 0.6) is 5.75 Å².